The summed E-state index contributed by atoms with van der Waals surface area (Å²) in [6, 6.07) is 0. The van der Waals surface area contributed by atoms with Crippen molar-refractivity contribution in [2.45, 2.75) is 21.8 Å². The average Bonchev–Trinajstić information content (AvgIpc) is 2.30. The third kappa shape index (κ3) is 4.12. The smallest absolute Gasteiger partial charge is 0.231 e. The summed E-state index contributed by atoms with van der Waals surface area (Å²) >= 11 is 25.5. The number of hydrogen-bond donors (Lipinski definition) is 2. The van der Waals surface area contributed by atoms with E-state index >= 15 is 0 Å². The molecule has 0 radical (unpaired) electrons. The fraction of sp³-hybridized carbons (Fsp3) is 0.455. The van der Waals surface area contributed by atoms with Gasteiger partial charge in [-0.2, -0.15) is 0 Å². The molecule has 0 bridgehead atoms. The first-order chi connectivity index (χ1) is 8.98. The molecule has 2 N–H and O–H groups in total. The van der Waals surface area contributed by atoms with Gasteiger partial charge in [-0.05, 0) is 19.1 Å². The van der Waals surface area contributed by atoms with Crippen molar-refractivity contribution in [2.75, 3.05) is 0 Å². The fourth-order valence-electron chi connectivity index (χ4n) is 1.56. The van der Waals surface area contributed by atoms with Crippen LogP contribution in [0.15, 0.2) is 22.7 Å². The molecular weight excluding hydrogens is 416 g/mol. The molecule has 0 saturated heterocycles. The molecule has 0 heterocycles. The van der Waals surface area contributed by atoms with Crippen LogP contribution in [0.25, 0.3) is 0 Å². The van der Waals surface area contributed by atoms with E-state index in [0.29, 0.717) is 4.48 Å². The van der Waals surface area contributed by atoms with E-state index in [0.717, 1.165) is 0 Å². The Labute approximate surface area is 144 Å². The van der Waals surface area contributed by atoms with Gasteiger partial charge in [0, 0.05) is 4.48 Å². The van der Waals surface area contributed by atoms with Crippen LogP contribution in [0.2, 0.25) is 0 Å². The third-order valence-corrected chi connectivity index (χ3v) is 4.65. The zero-order valence-electron chi connectivity index (χ0n) is 10.0. The maximum Gasteiger partial charge on any atom is 0.231 e. The van der Waals surface area contributed by atoms with Crippen LogP contribution in [0.5, 0.6) is 0 Å². The van der Waals surface area contributed by atoms with E-state index < -0.39 is 32.5 Å². The number of ketones is 1. The van der Waals surface area contributed by atoms with Crippen LogP contribution in [0.3, 0.4) is 0 Å². The minimum atomic E-state index is -1.97. The quantitative estimate of drug-likeness (QED) is 0.539. The Morgan fingerprint density at radius 3 is 2.50 bits per heavy atom. The van der Waals surface area contributed by atoms with Crippen LogP contribution < -0.4 is 5.32 Å². The minimum absolute atomic E-state index is 0.531. The van der Waals surface area contributed by atoms with Crippen molar-refractivity contribution >= 4 is 74.0 Å². The second kappa shape index (κ2) is 6.55. The molecule has 0 spiro atoms. The summed E-state index contributed by atoms with van der Waals surface area (Å²) in [5, 5.41) is 12.5. The summed E-state index contributed by atoms with van der Waals surface area (Å²) in [7, 11) is 0. The van der Waals surface area contributed by atoms with Crippen molar-refractivity contribution in [3.63, 3.8) is 0 Å². The lowest BCUT2D eigenvalue weighted by Crippen LogP contribution is -2.53. The number of hydrogen-bond acceptors (Lipinski definition) is 3. The van der Waals surface area contributed by atoms with Gasteiger partial charge in [0.2, 0.25) is 9.70 Å². The lowest BCUT2D eigenvalue weighted by atomic mass is 9.80. The Morgan fingerprint density at radius 1 is 1.50 bits per heavy atom. The minimum Gasteiger partial charge on any atom is -0.377 e. The van der Waals surface area contributed by atoms with E-state index in [1.165, 1.54) is 25.2 Å². The standard InChI is InChI=1S/C11H10BrCl4NO3/c1-5(18)10(20)3-2-6(12)4-7(10)8(19)17-9(13)11(14,15)16/h2-4,7,9,20H,1H3,(H,17,19). The maximum absolute atomic E-state index is 12.1. The number of carbonyl (C=O) groups is 2. The van der Waals surface area contributed by atoms with Crippen molar-refractivity contribution in [3.8, 4) is 0 Å². The highest BCUT2D eigenvalue weighted by Crippen LogP contribution is 2.34. The van der Waals surface area contributed by atoms with Crippen molar-refractivity contribution < 1.29 is 14.7 Å². The zero-order chi connectivity index (χ0) is 15.7. The first-order valence-electron chi connectivity index (χ1n) is 5.29. The van der Waals surface area contributed by atoms with Gasteiger partial charge in [-0.25, -0.2) is 0 Å². The van der Waals surface area contributed by atoms with Gasteiger partial charge in [-0.1, -0.05) is 68.4 Å². The average molecular weight is 426 g/mol. The zero-order valence-corrected chi connectivity index (χ0v) is 14.6. The van der Waals surface area contributed by atoms with Crippen LogP contribution in [0.1, 0.15) is 6.92 Å². The largest absolute Gasteiger partial charge is 0.377 e. The highest BCUT2D eigenvalue weighted by atomic mass is 79.9. The van der Waals surface area contributed by atoms with Gasteiger partial charge in [0.25, 0.3) is 0 Å². The number of aliphatic hydroxyl groups is 1. The van der Waals surface area contributed by atoms with E-state index in [1.54, 1.807) is 0 Å². The van der Waals surface area contributed by atoms with E-state index in [1.807, 2.05) is 0 Å². The van der Waals surface area contributed by atoms with Gasteiger partial charge in [0.05, 0.1) is 5.92 Å². The predicted molar refractivity (Wildman–Crippen MR) is 83.3 cm³/mol. The molecule has 1 rings (SSSR count). The number of alkyl halides is 4. The molecule has 0 fully saturated rings. The van der Waals surface area contributed by atoms with Crippen LogP contribution in [-0.2, 0) is 9.59 Å². The summed E-state index contributed by atoms with van der Waals surface area (Å²) < 4.78 is -1.39. The lowest BCUT2D eigenvalue weighted by molar-refractivity contribution is -0.142. The highest BCUT2D eigenvalue weighted by Gasteiger charge is 2.45. The van der Waals surface area contributed by atoms with Crippen LogP contribution >= 0.6 is 62.3 Å². The van der Waals surface area contributed by atoms with Crippen LogP contribution in [0, 0.1) is 5.92 Å². The number of rotatable bonds is 3. The molecule has 112 valence electrons. The summed E-state index contributed by atoms with van der Waals surface area (Å²) in [4.78, 5) is 23.7. The molecule has 1 aliphatic carbocycles. The number of nitrogens with one attached hydrogen (secondary N) is 1. The van der Waals surface area contributed by atoms with Gasteiger partial charge < -0.3 is 10.4 Å². The van der Waals surface area contributed by atoms with Gasteiger partial charge in [-0.15, -0.1) is 0 Å². The maximum atomic E-state index is 12.1. The fourth-order valence-corrected chi connectivity index (χ4v) is 2.23. The summed E-state index contributed by atoms with van der Waals surface area (Å²) in [6.07, 6.45) is 4.07. The summed E-state index contributed by atoms with van der Waals surface area (Å²) in [6.45, 7) is 1.17. The molecule has 0 saturated carbocycles. The molecule has 1 amide bonds. The number of carbonyl (C=O) groups excluding carboxylic acids is 2. The van der Waals surface area contributed by atoms with E-state index in [2.05, 4.69) is 21.2 Å². The van der Waals surface area contributed by atoms with Gasteiger partial charge in [0.1, 0.15) is 0 Å². The summed E-state index contributed by atoms with van der Waals surface area (Å²) in [5.41, 5.74) is -3.28. The Morgan fingerprint density at radius 2 is 2.05 bits per heavy atom. The Bertz CT molecular complexity index is 489. The van der Waals surface area contributed by atoms with Gasteiger partial charge in [0.15, 0.2) is 16.9 Å². The first-order valence-corrected chi connectivity index (χ1v) is 7.66. The molecular formula is C11H10BrCl4NO3. The van der Waals surface area contributed by atoms with Crippen LogP contribution in [0.4, 0.5) is 0 Å². The SMILES string of the molecule is CC(=O)C1(O)C=CC(Br)=CC1C(=O)NC(Cl)C(Cl)(Cl)Cl. The molecule has 20 heavy (non-hydrogen) atoms. The van der Waals surface area contributed by atoms with E-state index in [-0.39, 0.29) is 0 Å². The van der Waals surface area contributed by atoms with E-state index in [4.69, 9.17) is 46.4 Å². The molecule has 4 nitrogen and oxygen atoms in total. The third-order valence-electron chi connectivity index (χ3n) is 2.70. The van der Waals surface area contributed by atoms with Crippen molar-refractivity contribution in [2.24, 2.45) is 5.92 Å². The lowest BCUT2D eigenvalue weighted by Gasteiger charge is -2.32. The molecule has 1 aliphatic rings. The number of allylic oxidation sites excluding steroid dienone is 2. The Hall–Kier alpha value is 0.220. The number of Topliss-reactive ketones (excluding diaryl/α,β-unsaturated/α-hetero) is 1. The van der Waals surface area contributed by atoms with Gasteiger partial charge >= 0.3 is 0 Å². The van der Waals surface area contributed by atoms with Gasteiger partial charge in [-0.3, -0.25) is 9.59 Å². The second-order valence-corrected chi connectivity index (χ2v) is 7.88. The number of halogens is 5. The predicted octanol–water partition coefficient (Wildman–Crippen LogP) is 2.82. The van der Waals surface area contributed by atoms with Crippen molar-refractivity contribution in [1.82, 2.24) is 5.32 Å². The van der Waals surface area contributed by atoms with Crippen molar-refractivity contribution in [3.05, 3.63) is 22.7 Å². The Balaban J connectivity index is 3.00. The molecule has 0 aromatic rings. The number of amides is 1. The molecule has 3 atom stereocenters. The molecule has 0 aromatic carbocycles. The monoisotopic (exact) mass is 423 g/mol. The Kier molecular flexibility index (Phi) is 5.98. The highest BCUT2D eigenvalue weighted by molar-refractivity contribution is 9.11. The summed E-state index contributed by atoms with van der Waals surface area (Å²) in [5.74, 6) is -2.52. The molecule has 3 unspecified atom stereocenters. The molecule has 0 aliphatic heterocycles. The molecule has 9 heteroatoms. The molecule has 0 aromatic heterocycles. The van der Waals surface area contributed by atoms with Crippen molar-refractivity contribution in [1.29, 1.82) is 0 Å². The van der Waals surface area contributed by atoms with Crippen LogP contribution in [-0.4, -0.2) is 31.7 Å². The second-order valence-electron chi connectivity index (χ2n) is 4.16. The topological polar surface area (TPSA) is 66.4 Å². The first kappa shape index (κ1) is 18.3. The normalized spacial score (nSPS) is 27.8. The van der Waals surface area contributed by atoms with E-state index in [9.17, 15) is 14.7 Å².